The SMILES string of the molecule is CCc1c(F)ccc2cc(O)cc(-c3ncc4c(N5CC(O)CC(OCCCNC(=O)CCC(=O)N6CCC(c7ccc(NC8CCC(=O)NC8=O)cc7)CC6)C5)nc(OC[C@@]56CCCN5C[C@H](F)C6)nc4c3F)c12. The molecule has 0 radical (unpaired) electrons. The summed E-state index contributed by atoms with van der Waals surface area (Å²) in [4.78, 5) is 69.1. The molecule has 3 unspecified atom stereocenters. The zero-order valence-corrected chi connectivity index (χ0v) is 42.1. The number of piperidine rings is 3. The monoisotopic (exact) mass is 1040 g/mol. The number of alkyl halides is 1. The number of likely N-dealkylation sites (tertiary alicyclic amines) is 1. The second-order valence-electron chi connectivity index (χ2n) is 20.8. The lowest BCUT2D eigenvalue weighted by molar-refractivity contribution is -0.134. The van der Waals surface area contributed by atoms with Crippen LogP contribution in [0.25, 0.3) is 32.9 Å². The van der Waals surface area contributed by atoms with Gasteiger partial charge in [0.05, 0.1) is 23.1 Å². The Balaban J connectivity index is 0.742. The van der Waals surface area contributed by atoms with Crippen LogP contribution in [-0.4, -0.2) is 148 Å². The van der Waals surface area contributed by atoms with Gasteiger partial charge >= 0.3 is 6.01 Å². The Bertz CT molecular complexity index is 2960. The minimum Gasteiger partial charge on any atom is -0.508 e. The Hall–Kier alpha value is -6.64. The van der Waals surface area contributed by atoms with Crippen molar-refractivity contribution in [3.05, 3.63) is 77.5 Å². The highest BCUT2D eigenvalue weighted by atomic mass is 19.1. The van der Waals surface area contributed by atoms with Crippen molar-refractivity contribution in [1.82, 2.24) is 35.4 Å². The number of phenolic OH excluding ortho intramolecular Hbond substituents is 1. The summed E-state index contributed by atoms with van der Waals surface area (Å²) in [6.07, 6.45) is 4.57. The number of halogens is 3. The number of nitrogens with zero attached hydrogens (tertiary/aromatic N) is 6. The van der Waals surface area contributed by atoms with E-state index in [1.165, 1.54) is 30.5 Å². The lowest BCUT2D eigenvalue weighted by atomic mass is 9.89. The molecule has 0 saturated carbocycles. The first-order valence-corrected chi connectivity index (χ1v) is 26.4. The molecular weight excluding hydrogens is 972 g/mol. The Morgan fingerprint density at radius 3 is 2.59 bits per heavy atom. The molecule has 5 fully saturated rings. The molecule has 5 aromatic rings. The van der Waals surface area contributed by atoms with Crippen molar-refractivity contribution in [1.29, 1.82) is 0 Å². The molecule has 0 bridgehead atoms. The third-order valence-corrected chi connectivity index (χ3v) is 15.7. The summed E-state index contributed by atoms with van der Waals surface area (Å²) in [7, 11) is 0. The van der Waals surface area contributed by atoms with Crippen LogP contribution < -0.4 is 25.6 Å². The van der Waals surface area contributed by atoms with Crippen LogP contribution in [0.15, 0.2) is 54.7 Å². The van der Waals surface area contributed by atoms with Crippen LogP contribution in [0.4, 0.5) is 24.7 Å². The number of rotatable bonds is 17. The molecule has 75 heavy (non-hydrogen) atoms. The third-order valence-electron chi connectivity index (χ3n) is 15.7. The van der Waals surface area contributed by atoms with Crippen molar-refractivity contribution in [3.63, 3.8) is 0 Å². The standard InChI is InChI=1S/C55H64F3N9O8/c1-2-40-43(57)10-7-34-23-37(68)25-41(48(34)40)50-49(58)51-42(27-60-50)52(64-54(63-51)75-31-55-17-3-19-67(55)28-35(56)26-55)66-29-38(69)24-39(30-66)74-22-4-18-59-45(70)13-14-47(72)65-20-15-33(16-21-65)32-5-8-36(9-6-32)61-44-11-12-46(71)62-53(44)73/h5-10,23,25,27,33,35,38-39,44,61,68-69H,2-4,11-22,24,26,28-31H2,1H3,(H,59,70)(H,62,71,73)/t35-,38?,39?,44?,55+/m1/s1. The highest BCUT2D eigenvalue weighted by Crippen LogP contribution is 2.42. The summed E-state index contributed by atoms with van der Waals surface area (Å²) in [6, 6.07) is 13.0. The topological polar surface area (TPSA) is 212 Å². The number of β-amino-alcohol motifs (C(OH)–C–C–N with tert-alkyl or cyclic N) is 1. The summed E-state index contributed by atoms with van der Waals surface area (Å²) in [6.45, 7) is 5.06. The van der Waals surface area contributed by atoms with Gasteiger partial charge in [0.2, 0.25) is 23.6 Å². The van der Waals surface area contributed by atoms with Gasteiger partial charge in [-0.05, 0) is 110 Å². The van der Waals surface area contributed by atoms with E-state index in [2.05, 4.69) is 30.8 Å². The number of carbonyl (C=O) groups excluding carboxylic acids is 4. The lowest BCUT2D eigenvalue weighted by Gasteiger charge is -2.37. The molecule has 5 N–H and O–H groups in total. The number of aliphatic hydroxyl groups excluding tert-OH is 1. The van der Waals surface area contributed by atoms with Crippen LogP contribution >= 0.6 is 0 Å². The summed E-state index contributed by atoms with van der Waals surface area (Å²) in [5.74, 6) is -1.82. The number of aliphatic hydroxyl groups is 1. The van der Waals surface area contributed by atoms with E-state index in [1.54, 1.807) is 11.8 Å². The van der Waals surface area contributed by atoms with E-state index in [0.717, 1.165) is 43.5 Å². The van der Waals surface area contributed by atoms with Gasteiger partial charge in [-0.3, -0.25) is 34.4 Å². The molecule has 398 valence electrons. The summed E-state index contributed by atoms with van der Waals surface area (Å²) in [5, 5.41) is 31.5. The Kier molecular flexibility index (Phi) is 15.4. The maximum Gasteiger partial charge on any atom is 0.319 e. The number of aryl methyl sites for hydroxylation is 1. The molecule has 5 atom stereocenters. The van der Waals surface area contributed by atoms with E-state index < -0.39 is 41.6 Å². The first-order chi connectivity index (χ1) is 36.2. The van der Waals surface area contributed by atoms with Crippen LogP contribution in [-0.2, 0) is 30.3 Å². The number of hydrogen-bond donors (Lipinski definition) is 5. The highest BCUT2D eigenvalue weighted by Gasteiger charge is 2.49. The number of amides is 4. The smallest absolute Gasteiger partial charge is 0.319 e. The van der Waals surface area contributed by atoms with E-state index in [0.29, 0.717) is 81.0 Å². The molecule has 4 amide bonds. The first kappa shape index (κ1) is 51.8. The molecule has 2 aromatic heterocycles. The van der Waals surface area contributed by atoms with Crippen LogP contribution in [0.3, 0.4) is 0 Å². The molecule has 20 heteroatoms. The third kappa shape index (κ3) is 11.3. The molecule has 3 aromatic carbocycles. The molecule has 5 aliphatic heterocycles. The average molecular weight is 1040 g/mol. The van der Waals surface area contributed by atoms with Crippen molar-refractivity contribution in [2.45, 2.75) is 120 Å². The van der Waals surface area contributed by atoms with Crippen LogP contribution in [0, 0.1) is 11.6 Å². The molecular formula is C55H64F3N9O8. The number of anilines is 2. The van der Waals surface area contributed by atoms with Crippen molar-refractivity contribution in [2.24, 2.45) is 0 Å². The van der Waals surface area contributed by atoms with Gasteiger partial charge in [-0.2, -0.15) is 9.97 Å². The number of carbonyl (C=O) groups is 4. The van der Waals surface area contributed by atoms with Crippen LogP contribution in [0.1, 0.15) is 94.6 Å². The number of fused-ring (bicyclic) bond motifs is 3. The number of imide groups is 1. The fourth-order valence-electron chi connectivity index (χ4n) is 11.9. The fraction of sp³-hybridized carbons (Fsp3) is 0.509. The highest BCUT2D eigenvalue weighted by molar-refractivity contribution is 6.02. The van der Waals surface area contributed by atoms with Gasteiger partial charge in [0.25, 0.3) is 0 Å². The number of ether oxygens (including phenoxy) is 2. The Morgan fingerprint density at radius 2 is 1.80 bits per heavy atom. The summed E-state index contributed by atoms with van der Waals surface area (Å²) in [5.41, 5.74) is 1.65. The van der Waals surface area contributed by atoms with Crippen molar-refractivity contribution in [2.75, 3.05) is 69.2 Å². The second-order valence-corrected chi connectivity index (χ2v) is 20.8. The minimum atomic E-state index is -0.999. The maximum absolute atomic E-state index is 17.2. The van der Waals surface area contributed by atoms with Gasteiger partial charge in [-0.15, -0.1) is 0 Å². The minimum absolute atomic E-state index is 0.0545. The number of nitrogens with one attached hydrogen (secondary N) is 3. The molecule has 5 saturated heterocycles. The quantitative estimate of drug-likeness (QED) is 0.0518. The largest absolute Gasteiger partial charge is 0.508 e. The van der Waals surface area contributed by atoms with Gasteiger partial charge in [0.15, 0.2) is 5.82 Å². The van der Waals surface area contributed by atoms with E-state index >= 15 is 8.78 Å². The molecule has 0 spiro atoms. The van der Waals surface area contributed by atoms with Crippen molar-refractivity contribution >= 4 is 56.8 Å². The first-order valence-electron chi connectivity index (χ1n) is 26.4. The number of hydrogen-bond acceptors (Lipinski definition) is 14. The van der Waals surface area contributed by atoms with E-state index in [-0.39, 0.29) is 108 Å². The predicted octanol–water partition coefficient (Wildman–Crippen LogP) is 6.21. The Morgan fingerprint density at radius 1 is 0.987 bits per heavy atom. The normalized spacial score (nSPS) is 23.4. The zero-order valence-electron chi connectivity index (χ0n) is 42.1. The molecule has 5 aliphatic rings. The number of aromatic nitrogens is 3. The number of phenols is 1. The molecule has 17 nitrogen and oxygen atoms in total. The van der Waals surface area contributed by atoms with Gasteiger partial charge in [-0.25, -0.2) is 13.2 Å². The molecule has 0 aliphatic carbocycles. The maximum atomic E-state index is 17.2. The number of pyridine rings is 1. The average Bonchev–Trinajstić information content (AvgIpc) is 3.93. The van der Waals surface area contributed by atoms with E-state index in [9.17, 15) is 33.8 Å². The predicted molar refractivity (Wildman–Crippen MR) is 274 cm³/mol. The fourth-order valence-corrected chi connectivity index (χ4v) is 11.9. The molecule has 10 rings (SSSR count). The summed E-state index contributed by atoms with van der Waals surface area (Å²) < 4.78 is 59.8. The van der Waals surface area contributed by atoms with Gasteiger partial charge in [0.1, 0.15) is 47.4 Å². The van der Waals surface area contributed by atoms with Crippen molar-refractivity contribution < 1.29 is 52.0 Å². The van der Waals surface area contributed by atoms with Gasteiger partial charge < -0.3 is 40.1 Å². The zero-order chi connectivity index (χ0) is 52.4. The second kappa shape index (κ2) is 22.3. The van der Waals surface area contributed by atoms with E-state index in [4.69, 9.17) is 14.5 Å². The van der Waals surface area contributed by atoms with E-state index in [1.807, 2.05) is 29.2 Å². The lowest BCUT2D eigenvalue weighted by Crippen LogP contribution is -2.47. The number of aromatic hydroxyl groups is 1. The van der Waals surface area contributed by atoms with Crippen molar-refractivity contribution in [3.8, 4) is 23.0 Å². The van der Waals surface area contributed by atoms with Crippen LogP contribution in [0.2, 0.25) is 0 Å². The molecule has 7 heterocycles. The Labute approximate surface area is 432 Å². The number of benzene rings is 3. The van der Waals surface area contributed by atoms with Gasteiger partial charge in [-0.1, -0.05) is 25.1 Å². The summed E-state index contributed by atoms with van der Waals surface area (Å²) >= 11 is 0. The van der Waals surface area contributed by atoms with Gasteiger partial charge in [0, 0.05) is 95.4 Å². The van der Waals surface area contributed by atoms with Crippen LogP contribution in [0.5, 0.6) is 11.8 Å².